The normalized spacial score (nSPS) is 8.86. The maximum absolute atomic E-state index is 10.7. The van der Waals surface area contributed by atoms with Gasteiger partial charge in [-0.3, -0.25) is 9.59 Å². The number of carbonyl (C=O) groups excluding carboxylic acids is 2. The number of rotatable bonds is 2. The number of hydrogen-bond donors (Lipinski definition) is 2. The molecule has 0 saturated carbocycles. The second kappa shape index (κ2) is 9.25. The number of ketones is 2. The van der Waals surface area contributed by atoms with Crippen LogP contribution in [0.4, 0.5) is 0 Å². The number of carbonyl (C=O) groups is 2. The van der Waals surface area contributed by atoms with Gasteiger partial charge in [-0.15, -0.1) is 0 Å². The maximum atomic E-state index is 10.7. The van der Waals surface area contributed by atoms with Crippen molar-refractivity contribution in [1.82, 2.24) is 0 Å². The second-order valence-corrected chi connectivity index (χ2v) is 4.15. The molecule has 0 aromatic heterocycles. The molecular weight excluding hydrogens is 347 g/mol. The Morgan fingerprint density at radius 2 is 1.00 bits per heavy atom. The second-order valence-electron chi connectivity index (χ2n) is 4.15. The molecule has 108 valence electrons. The Hall–Kier alpha value is -1.74. The van der Waals surface area contributed by atoms with E-state index in [0.717, 1.165) is 0 Å². The summed E-state index contributed by atoms with van der Waals surface area (Å²) in [5, 5.41) is 18.1. The molecule has 0 aliphatic carbocycles. The van der Waals surface area contributed by atoms with Crippen LogP contribution in [0.5, 0.6) is 11.5 Å². The zero-order valence-corrected chi connectivity index (χ0v) is 14.3. The number of Topliss-reactive ketones (excluding diaryl/α,β-unsaturated/α-hetero) is 2. The van der Waals surface area contributed by atoms with Gasteiger partial charge in [-0.05, 0) is 38.1 Å². The standard InChI is InChI=1S/2C8H8O2.Zr/c2*1-6(9)7-4-2-3-5-8(7)10;/h2*2-5,10H,1H3;. The first-order chi connectivity index (χ1) is 9.43. The zero-order valence-electron chi connectivity index (χ0n) is 11.8. The van der Waals surface area contributed by atoms with Crippen LogP contribution in [-0.2, 0) is 26.2 Å². The van der Waals surface area contributed by atoms with E-state index < -0.39 is 0 Å². The first-order valence-corrected chi connectivity index (χ1v) is 6.01. The predicted molar refractivity (Wildman–Crippen MR) is 76.2 cm³/mol. The molecule has 2 rings (SSSR count). The molecule has 2 N–H and O–H groups in total. The third-order valence-corrected chi connectivity index (χ3v) is 2.57. The van der Waals surface area contributed by atoms with E-state index in [9.17, 15) is 9.59 Å². The van der Waals surface area contributed by atoms with Crippen LogP contribution in [0.3, 0.4) is 0 Å². The first kappa shape index (κ1) is 19.3. The van der Waals surface area contributed by atoms with E-state index >= 15 is 0 Å². The van der Waals surface area contributed by atoms with E-state index in [1.54, 1.807) is 36.4 Å². The molecule has 0 amide bonds. The molecule has 5 heteroatoms. The molecule has 21 heavy (non-hydrogen) atoms. The molecule has 0 heterocycles. The molecule has 0 spiro atoms. The van der Waals surface area contributed by atoms with Gasteiger partial charge in [0.05, 0.1) is 11.1 Å². The summed E-state index contributed by atoms with van der Waals surface area (Å²) in [6.45, 7) is 2.85. The molecule has 0 aliphatic heterocycles. The fraction of sp³-hybridized carbons (Fsp3) is 0.125. The minimum Gasteiger partial charge on any atom is -0.507 e. The summed E-state index contributed by atoms with van der Waals surface area (Å²) in [5.74, 6) is -0.124. The largest absolute Gasteiger partial charge is 0.507 e. The van der Waals surface area contributed by atoms with E-state index in [-0.39, 0.29) is 49.3 Å². The van der Waals surface area contributed by atoms with E-state index in [1.807, 2.05) is 0 Å². The van der Waals surface area contributed by atoms with Crippen molar-refractivity contribution in [3.8, 4) is 11.5 Å². The minimum atomic E-state index is -0.113. The average molecular weight is 364 g/mol. The van der Waals surface area contributed by atoms with E-state index in [2.05, 4.69) is 0 Å². The van der Waals surface area contributed by atoms with Gasteiger partial charge >= 0.3 is 0 Å². The Morgan fingerprint density at radius 1 is 0.714 bits per heavy atom. The van der Waals surface area contributed by atoms with Crippen LogP contribution < -0.4 is 0 Å². The number of phenolic OH excluding ortho intramolecular Hbond substituents is 2. The van der Waals surface area contributed by atoms with Crippen LogP contribution in [0.2, 0.25) is 0 Å². The number of phenols is 2. The van der Waals surface area contributed by atoms with Gasteiger partial charge < -0.3 is 10.2 Å². The predicted octanol–water partition coefficient (Wildman–Crippen LogP) is 3.19. The molecule has 4 nitrogen and oxygen atoms in total. The molecular formula is C16H16O4Zr. The van der Waals surface area contributed by atoms with Gasteiger partial charge in [0.25, 0.3) is 0 Å². The number of aromatic hydroxyl groups is 2. The fourth-order valence-electron chi connectivity index (χ4n) is 1.54. The van der Waals surface area contributed by atoms with Crippen molar-refractivity contribution in [2.45, 2.75) is 13.8 Å². The Bertz CT molecular complexity index is 568. The maximum Gasteiger partial charge on any atom is 0.163 e. The van der Waals surface area contributed by atoms with E-state index in [4.69, 9.17) is 10.2 Å². The third-order valence-electron chi connectivity index (χ3n) is 2.57. The molecule has 0 bridgehead atoms. The van der Waals surface area contributed by atoms with Crippen molar-refractivity contribution in [1.29, 1.82) is 0 Å². The van der Waals surface area contributed by atoms with Gasteiger partial charge in [0, 0.05) is 26.2 Å². The topological polar surface area (TPSA) is 74.6 Å². The van der Waals surface area contributed by atoms with Crippen LogP contribution in [0.1, 0.15) is 34.6 Å². The Balaban J connectivity index is 0.000000364. The summed E-state index contributed by atoms with van der Waals surface area (Å²) in [7, 11) is 0. The average Bonchev–Trinajstić information content (AvgIpc) is 2.40. The molecule has 0 atom stereocenters. The van der Waals surface area contributed by atoms with Crippen LogP contribution in [-0.4, -0.2) is 21.8 Å². The molecule has 2 aromatic carbocycles. The Labute approximate surface area is 142 Å². The summed E-state index contributed by atoms with van der Waals surface area (Å²) in [6.07, 6.45) is 0. The molecule has 0 aliphatic rings. The van der Waals surface area contributed by atoms with Gasteiger partial charge in [-0.25, -0.2) is 0 Å². The number of para-hydroxylation sites is 2. The molecule has 0 unspecified atom stereocenters. The van der Waals surface area contributed by atoms with Crippen LogP contribution in [0.25, 0.3) is 0 Å². The molecule has 0 saturated heterocycles. The summed E-state index contributed by atoms with van der Waals surface area (Å²) >= 11 is 0. The van der Waals surface area contributed by atoms with E-state index in [0.29, 0.717) is 11.1 Å². The van der Waals surface area contributed by atoms with Crippen molar-refractivity contribution >= 4 is 11.6 Å². The van der Waals surface area contributed by atoms with Gasteiger partial charge in [-0.2, -0.15) is 0 Å². The van der Waals surface area contributed by atoms with Crippen molar-refractivity contribution < 1.29 is 46.0 Å². The zero-order chi connectivity index (χ0) is 15.1. The van der Waals surface area contributed by atoms with Crippen LogP contribution >= 0.6 is 0 Å². The quantitative estimate of drug-likeness (QED) is 0.804. The van der Waals surface area contributed by atoms with E-state index in [1.165, 1.54) is 26.0 Å². The fourth-order valence-corrected chi connectivity index (χ4v) is 1.54. The molecule has 0 radical (unpaired) electrons. The smallest absolute Gasteiger partial charge is 0.163 e. The van der Waals surface area contributed by atoms with Gasteiger partial charge in [-0.1, -0.05) is 24.3 Å². The van der Waals surface area contributed by atoms with Crippen molar-refractivity contribution in [2.24, 2.45) is 0 Å². The summed E-state index contributed by atoms with van der Waals surface area (Å²) < 4.78 is 0. The van der Waals surface area contributed by atoms with Crippen LogP contribution in [0.15, 0.2) is 48.5 Å². The molecule has 0 fully saturated rings. The summed E-state index contributed by atoms with van der Waals surface area (Å²) in [6, 6.07) is 13.0. The van der Waals surface area contributed by atoms with Crippen molar-refractivity contribution in [3.63, 3.8) is 0 Å². The van der Waals surface area contributed by atoms with Crippen molar-refractivity contribution in [3.05, 3.63) is 59.7 Å². The van der Waals surface area contributed by atoms with Crippen molar-refractivity contribution in [2.75, 3.05) is 0 Å². The Kier molecular flexibility index (Phi) is 8.48. The summed E-state index contributed by atoms with van der Waals surface area (Å²) in [5.41, 5.74) is 0.755. The monoisotopic (exact) mass is 362 g/mol. The minimum absolute atomic E-state index is 0. The number of hydrogen-bond acceptors (Lipinski definition) is 4. The summed E-state index contributed by atoms with van der Waals surface area (Å²) in [4.78, 5) is 21.4. The van der Waals surface area contributed by atoms with Crippen LogP contribution in [0, 0.1) is 0 Å². The third kappa shape index (κ3) is 6.05. The Morgan fingerprint density at radius 3 is 1.19 bits per heavy atom. The SMILES string of the molecule is CC(=O)c1ccccc1O.CC(=O)c1ccccc1O.[Zr]. The molecule has 2 aromatic rings. The first-order valence-electron chi connectivity index (χ1n) is 6.01. The number of benzene rings is 2. The van der Waals surface area contributed by atoms with Gasteiger partial charge in [0.1, 0.15) is 11.5 Å². The van der Waals surface area contributed by atoms with Gasteiger partial charge in [0.2, 0.25) is 0 Å². The van der Waals surface area contributed by atoms with Gasteiger partial charge in [0.15, 0.2) is 11.6 Å².